The highest BCUT2D eigenvalue weighted by atomic mass is 32.2. The van der Waals surface area contributed by atoms with Crippen LogP contribution in [0.1, 0.15) is 12.6 Å². The van der Waals surface area contributed by atoms with E-state index in [1.807, 2.05) is 25.1 Å². The third kappa shape index (κ3) is 4.67. The van der Waals surface area contributed by atoms with E-state index < -0.39 is 0 Å². The summed E-state index contributed by atoms with van der Waals surface area (Å²) in [6, 6.07) is 5.85. The number of aromatic nitrogens is 1. The minimum atomic E-state index is 0.212. The van der Waals surface area contributed by atoms with Crippen LogP contribution >= 0.6 is 23.5 Å². The highest BCUT2D eigenvalue weighted by molar-refractivity contribution is 8.38. The van der Waals surface area contributed by atoms with Crippen LogP contribution in [0.5, 0.6) is 0 Å². The lowest BCUT2D eigenvalue weighted by atomic mass is 10.3. The van der Waals surface area contributed by atoms with Gasteiger partial charge in [0, 0.05) is 17.6 Å². The van der Waals surface area contributed by atoms with Gasteiger partial charge >= 0.3 is 0 Å². The number of hydrogen-bond donors (Lipinski definition) is 0. The van der Waals surface area contributed by atoms with Crippen molar-refractivity contribution in [3.05, 3.63) is 30.1 Å². The van der Waals surface area contributed by atoms with E-state index >= 15 is 0 Å². The molecule has 0 unspecified atom stereocenters. The SMILES string of the molecule is CCSC(=O)SCCc1ccccn1. The third-order valence-corrected chi connectivity index (χ3v) is 3.44. The molecule has 0 aliphatic rings. The Morgan fingerprint density at radius 2 is 2.29 bits per heavy atom. The zero-order valence-corrected chi connectivity index (χ0v) is 9.74. The molecule has 0 fully saturated rings. The topological polar surface area (TPSA) is 30.0 Å². The van der Waals surface area contributed by atoms with Gasteiger partial charge in [0.2, 0.25) is 4.45 Å². The van der Waals surface area contributed by atoms with Gasteiger partial charge in [-0.2, -0.15) is 0 Å². The van der Waals surface area contributed by atoms with E-state index in [4.69, 9.17) is 0 Å². The molecule has 2 nitrogen and oxygen atoms in total. The largest absolute Gasteiger partial charge is 0.274 e. The molecule has 0 bridgehead atoms. The summed E-state index contributed by atoms with van der Waals surface area (Å²) >= 11 is 2.75. The van der Waals surface area contributed by atoms with E-state index in [2.05, 4.69) is 4.98 Å². The lowest BCUT2D eigenvalue weighted by molar-refractivity contribution is 0.276. The molecule has 0 atom stereocenters. The van der Waals surface area contributed by atoms with Crippen LogP contribution in [-0.2, 0) is 6.42 Å². The van der Waals surface area contributed by atoms with Crippen molar-refractivity contribution >= 4 is 28.0 Å². The van der Waals surface area contributed by atoms with E-state index in [-0.39, 0.29) is 4.45 Å². The summed E-state index contributed by atoms with van der Waals surface area (Å²) in [7, 11) is 0. The number of thioether (sulfide) groups is 2. The second-order valence-electron chi connectivity index (χ2n) is 2.60. The maximum atomic E-state index is 11.1. The second kappa shape index (κ2) is 6.90. The molecule has 14 heavy (non-hydrogen) atoms. The van der Waals surface area contributed by atoms with Crippen molar-refractivity contribution in [2.24, 2.45) is 0 Å². The first-order valence-corrected chi connectivity index (χ1v) is 6.49. The van der Waals surface area contributed by atoms with Crippen LogP contribution in [0.4, 0.5) is 4.79 Å². The van der Waals surface area contributed by atoms with Gasteiger partial charge in [0.05, 0.1) is 0 Å². The molecule has 0 spiro atoms. The Kier molecular flexibility index (Phi) is 5.71. The van der Waals surface area contributed by atoms with E-state index in [0.29, 0.717) is 0 Å². The molecule has 1 heterocycles. The molecule has 0 aliphatic carbocycles. The van der Waals surface area contributed by atoms with Gasteiger partial charge in [-0.05, 0) is 24.3 Å². The summed E-state index contributed by atoms with van der Waals surface area (Å²) in [6.45, 7) is 1.99. The Bertz CT molecular complexity index is 277. The zero-order valence-electron chi connectivity index (χ0n) is 8.10. The standard InChI is InChI=1S/C10H13NOS2/c1-2-13-10(12)14-8-6-9-5-3-4-7-11-9/h3-5,7H,2,6,8H2,1H3. The van der Waals surface area contributed by atoms with Crippen molar-refractivity contribution < 1.29 is 4.79 Å². The van der Waals surface area contributed by atoms with Gasteiger partial charge in [-0.25, -0.2) is 0 Å². The van der Waals surface area contributed by atoms with Crippen LogP contribution in [0.25, 0.3) is 0 Å². The predicted molar refractivity (Wildman–Crippen MR) is 63.9 cm³/mol. The van der Waals surface area contributed by atoms with E-state index in [1.54, 1.807) is 6.20 Å². The fraction of sp³-hybridized carbons (Fsp3) is 0.400. The number of pyridine rings is 1. The number of rotatable bonds is 4. The molecular weight excluding hydrogens is 214 g/mol. The van der Waals surface area contributed by atoms with Crippen molar-refractivity contribution in [3.8, 4) is 0 Å². The number of carbonyl (C=O) groups is 1. The Balaban J connectivity index is 2.19. The monoisotopic (exact) mass is 227 g/mol. The zero-order chi connectivity index (χ0) is 10.2. The maximum Gasteiger partial charge on any atom is 0.246 e. The summed E-state index contributed by atoms with van der Waals surface area (Å²) in [4.78, 5) is 15.3. The summed E-state index contributed by atoms with van der Waals surface area (Å²) in [5.74, 6) is 1.68. The molecule has 76 valence electrons. The smallest absolute Gasteiger partial charge is 0.246 e. The average molecular weight is 227 g/mol. The quantitative estimate of drug-likeness (QED) is 0.790. The average Bonchev–Trinajstić information content (AvgIpc) is 2.20. The lowest BCUT2D eigenvalue weighted by Crippen LogP contribution is -1.93. The highest BCUT2D eigenvalue weighted by Gasteiger charge is 2.01. The van der Waals surface area contributed by atoms with Gasteiger partial charge in [0.25, 0.3) is 0 Å². The molecule has 1 aromatic rings. The molecule has 0 N–H and O–H groups in total. The van der Waals surface area contributed by atoms with E-state index in [9.17, 15) is 4.79 Å². The van der Waals surface area contributed by atoms with Crippen molar-refractivity contribution in [2.45, 2.75) is 13.3 Å². The molecule has 0 aliphatic heterocycles. The van der Waals surface area contributed by atoms with Crippen molar-refractivity contribution in [1.29, 1.82) is 0 Å². The summed E-state index contributed by atoms with van der Waals surface area (Å²) < 4.78 is 0.212. The van der Waals surface area contributed by atoms with Crippen molar-refractivity contribution in [2.75, 3.05) is 11.5 Å². The summed E-state index contributed by atoms with van der Waals surface area (Å²) in [5, 5.41) is 0. The van der Waals surface area contributed by atoms with Gasteiger partial charge in [-0.3, -0.25) is 9.78 Å². The molecule has 1 rings (SSSR count). The Hall–Kier alpha value is -0.480. The van der Waals surface area contributed by atoms with Gasteiger partial charge in [-0.1, -0.05) is 36.5 Å². The minimum absolute atomic E-state index is 0.212. The van der Waals surface area contributed by atoms with Gasteiger partial charge in [0.15, 0.2) is 0 Å². The molecule has 0 radical (unpaired) electrons. The fourth-order valence-corrected chi connectivity index (χ4v) is 2.59. The Morgan fingerprint density at radius 3 is 2.93 bits per heavy atom. The molecule has 0 amide bonds. The second-order valence-corrected chi connectivity index (χ2v) is 5.17. The molecule has 1 aromatic heterocycles. The van der Waals surface area contributed by atoms with E-state index in [0.717, 1.165) is 23.6 Å². The first-order valence-electron chi connectivity index (χ1n) is 4.52. The third-order valence-electron chi connectivity index (χ3n) is 1.57. The molecule has 4 heteroatoms. The van der Waals surface area contributed by atoms with Crippen molar-refractivity contribution in [1.82, 2.24) is 4.98 Å². The molecule has 0 saturated carbocycles. The van der Waals surface area contributed by atoms with Gasteiger partial charge in [-0.15, -0.1) is 0 Å². The van der Waals surface area contributed by atoms with Crippen LogP contribution in [0.15, 0.2) is 24.4 Å². The summed E-state index contributed by atoms with van der Waals surface area (Å²) in [5.41, 5.74) is 1.05. The number of hydrogen-bond acceptors (Lipinski definition) is 4. The van der Waals surface area contributed by atoms with Crippen LogP contribution in [-0.4, -0.2) is 20.9 Å². The predicted octanol–water partition coefficient (Wildman–Crippen LogP) is 3.23. The minimum Gasteiger partial charge on any atom is -0.274 e. The van der Waals surface area contributed by atoms with Crippen molar-refractivity contribution in [3.63, 3.8) is 0 Å². The molecule has 0 aromatic carbocycles. The van der Waals surface area contributed by atoms with E-state index in [1.165, 1.54) is 23.5 Å². The van der Waals surface area contributed by atoms with Crippen LogP contribution in [0.2, 0.25) is 0 Å². The first kappa shape index (κ1) is 11.6. The fourth-order valence-electron chi connectivity index (χ4n) is 0.944. The normalized spacial score (nSPS) is 10.1. The van der Waals surface area contributed by atoms with Gasteiger partial charge < -0.3 is 0 Å². The molecular formula is C10H13NOS2. The van der Waals surface area contributed by atoms with Crippen LogP contribution in [0, 0.1) is 0 Å². The Labute approximate surface area is 92.9 Å². The molecule has 0 saturated heterocycles. The number of carbonyl (C=O) groups excluding carboxylic acids is 1. The highest BCUT2D eigenvalue weighted by Crippen LogP contribution is 2.16. The van der Waals surface area contributed by atoms with Gasteiger partial charge in [0.1, 0.15) is 0 Å². The Morgan fingerprint density at radius 1 is 1.43 bits per heavy atom. The lowest BCUT2D eigenvalue weighted by Gasteiger charge is -1.98. The summed E-state index contributed by atoms with van der Waals surface area (Å²) in [6.07, 6.45) is 2.64. The van der Waals surface area contributed by atoms with Crippen LogP contribution in [0.3, 0.4) is 0 Å². The number of aryl methyl sites for hydroxylation is 1. The van der Waals surface area contributed by atoms with Crippen LogP contribution < -0.4 is 0 Å². The maximum absolute atomic E-state index is 11.1. The number of nitrogens with zero attached hydrogens (tertiary/aromatic N) is 1. The first-order chi connectivity index (χ1) is 6.83.